The Morgan fingerprint density at radius 2 is 1.46 bits per heavy atom. The molecule has 0 fully saturated rings. The molecule has 0 saturated carbocycles. The first-order chi connectivity index (χ1) is 26.4. The van der Waals surface area contributed by atoms with Gasteiger partial charge in [-0.05, 0) is 92.6 Å². The monoisotopic (exact) mass is 815 g/mol. The van der Waals surface area contributed by atoms with E-state index in [1.807, 2.05) is 48.5 Å². The molecule has 2 aliphatic heterocycles. The van der Waals surface area contributed by atoms with Crippen molar-refractivity contribution in [1.82, 2.24) is 0 Å². The molecule has 0 radical (unpaired) electrons. The fraction of sp³-hybridized carbons (Fsp3) is 0.349. The van der Waals surface area contributed by atoms with Crippen LogP contribution in [0.3, 0.4) is 0 Å². The van der Waals surface area contributed by atoms with Gasteiger partial charge in [0.2, 0.25) is 5.69 Å². The molecular weight excluding hydrogens is 769 g/mol. The van der Waals surface area contributed by atoms with Crippen LogP contribution in [-0.2, 0) is 31.1 Å². The molecule has 0 spiro atoms. The van der Waals surface area contributed by atoms with E-state index in [1.54, 1.807) is 23.9 Å². The van der Waals surface area contributed by atoms with Crippen LogP contribution in [0, 0.1) is 0 Å². The standard InChI is InChI=1S/C43H48N2O8S3/c1-42(2)34-14-5-7-16-36(34)44(26-10-28-55(48,49)50)38(42)24-20-30-12-9-13-31(40(30)54-33-22-18-32(19-23-33)41(46)47)21-25-39-43(3,4)35-15-6-8-17-37(35)45(39)27-11-29-56(51,52)53/h5-8,14-25H,9-13,26-29H2,1-4H3,(H2-,46,47,48,49,50,51,52,53)/p-1. The van der Waals surface area contributed by atoms with Gasteiger partial charge >= 0.3 is 5.97 Å². The van der Waals surface area contributed by atoms with E-state index in [0.29, 0.717) is 13.1 Å². The predicted octanol–water partition coefficient (Wildman–Crippen LogP) is 8.03. The lowest BCUT2D eigenvalue weighted by Gasteiger charge is -2.28. The van der Waals surface area contributed by atoms with Crippen molar-refractivity contribution in [2.75, 3.05) is 29.5 Å². The van der Waals surface area contributed by atoms with Crippen molar-refractivity contribution in [3.63, 3.8) is 0 Å². The number of rotatable bonds is 14. The summed E-state index contributed by atoms with van der Waals surface area (Å²) in [6.07, 6.45) is 11.3. The second kappa shape index (κ2) is 16.3. The number of hydrogen-bond acceptors (Lipinski definition) is 9. The summed E-state index contributed by atoms with van der Waals surface area (Å²) in [6.45, 7) is 9.30. The number of benzene rings is 3. The second-order valence-electron chi connectivity index (χ2n) is 15.4. The van der Waals surface area contributed by atoms with Gasteiger partial charge in [-0.2, -0.15) is 4.58 Å². The summed E-state index contributed by atoms with van der Waals surface area (Å²) in [6, 6.07) is 22.9. The highest BCUT2D eigenvalue weighted by Gasteiger charge is 2.44. The molecule has 0 unspecified atom stereocenters. The van der Waals surface area contributed by atoms with Crippen LogP contribution in [0.15, 0.2) is 124 Å². The van der Waals surface area contributed by atoms with Crippen LogP contribution in [0.5, 0.6) is 0 Å². The van der Waals surface area contributed by atoms with Crippen LogP contribution in [0.4, 0.5) is 11.4 Å². The van der Waals surface area contributed by atoms with E-state index < -0.39 is 48.5 Å². The van der Waals surface area contributed by atoms with Crippen molar-refractivity contribution < 1.29 is 40.4 Å². The van der Waals surface area contributed by atoms with Crippen LogP contribution in [0.2, 0.25) is 0 Å². The predicted molar refractivity (Wildman–Crippen MR) is 220 cm³/mol. The number of carboxylic acids is 1. The molecule has 0 atom stereocenters. The third kappa shape index (κ3) is 9.13. The summed E-state index contributed by atoms with van der Waals surface area (Å²) in [5, 5.41) is 9.53. The first kappa shape index (κ1) is 41.4. The van der Waals surface area contributed by atoms with Crippen LogP contribution < -0.4 is 4.90 Å². The second-order valence-corrected chi connectivity index (χ2v) is 19.6. The van der Waals surface area contributed by atoms with Gasteiger partial charge in [-0.3, -0.25) is 0 Å². The van der Waals surface area contributed by atoms with E-state index in [9.17, 15) is 35.8 Å². The van der Waals surface area contributed by atoms with E-state index in [1.165, 1.54) is 0 Å². The van der Waals surface area contributed by atoms with Gasteiger partial charge in [0.1, 0.15) is 6.54 Å². The maximum Gasteiger partial charge on any atom is 0.335 e. The number of allylic oxidation sites excluding steroid dienone is 7. The van der Waals surface area contributed by atoms with Crippen molar-refractivity contribution in [3.8, 4) is 0 Å². The maximum absolute atomic E-state index is 11.6. The fourth-order valence-electron chi connectivity index (χ4n) is 8.06. The minimum atomic E-state index is -4.37. The summed E-state index contributed by atoms with van der Waals surface area (Å²) in [5.74, 6) is -1.89. The molecule has 6 rings (SSSR count). The number of aromatic carboxylic acids is 1. The smallest absolute Gasteiger partial charge is 0.335 e. The lowest BCUT2D eigenvalue weighted by molar-refractivity contribution is -0.437. The third-order valence-electron chi connectivity index (χ3n) is 10.8. The Balaban J connectivity index is 1.44. The van der Waals surface area contributed by atoms with Crippen molar-refractivity contribution in [1.29, 1.82) is 0 Å². The van der Waals surface area contributed by atoms with Gasteiger partial charge in [-0.25, -0.2) is 21.6 Å². The number of anilines is 1. The van der Waals surface area contributed by atoms with E-state index in [0.717, 1.165) is 74.1 Å². The summed E-state index contributed by atoms with van der Waals surface area (Å²) in [7, 11) is -8.73. The molecule has 3 aromatic rings. The molecule has 0 amide bonds. The molecule has 1 N–H and O–H groups in total. The highest BCUT2D eigenvalue weighted by atomic mass is 32.2. The van der Waals surface area contributed by atoms with Crippen LogP contribution in [-0.4, -0.2) is 71.9 Å². The molecule has 56 heavy (non-hydrogen) atoms. The van der Waals surface area contributed by atoms with Gasteiger partial charge in [0.05, 0.1) is 31.2 Å². The molecule has 0 bridgehead atoms. The Labute approximate surface area is 334 Å². The molecule has 3 aromatic carbocycles. The van der Waals surface area contributed by atoms with Crippen LogP contribution in [0.1, 0.15) is 81.3 Å². The highest BCUT2D eigenvalue weighted by molar-refractivity contribution is 8.03. The molecule has 13 heteroatoms. The fourth-order valence-corrected chi connectivity index (χ4v) is 10.1. The van der Waals surface area contributed by atoms with Crippen molar-refractivity contribution >= 4 is 55.1 Å². The Bertz CT molecular complexity index is 2410. The molecular formula is C43H47N2O8S3-. The molecule has 296 valence electrons. The Morgan fingerprint density at radius 3 is 2.14 bits per heavy atom. The first-order valence-electron chi connectivity index (χ1n) is 18.7. The van der Waals surface area contributed by atoms with Gasteiger partial charge in [0.15, 0.2) is 5.71 Å². The molecule has 3 aliphatic rings. The zero-order valence-corrected chi connectivity index (χ0v) is 34.5. The summed E-state index contributed by atoms with van der Waals surface area (Å²) in [5.41, 5.74) is 7.76. The van der Waals surface area contributed by atoms with E-state index >= 15 is 0 Å². The number of carboxylic acid groups (broad SMARTS) is 1. The average molecular weight is 816 g/mol. The Kier molecular flexibility index (Phi) is 12.0. The molecule has 2 heterocycles. The van der Waals surface area contributed by atoms with Gasteiger partial charge < -0.3 is 19.1 Å². The zero-order valence-electron chi connectivity index (χ0n) is 32.0. The molecule has 0 saturated heterocycles. The molecule has 0 aromatic heterocycles. The molecule has 10 nitrogen and oxygen atoms in total. The maximum atomic E-state index is 11.6. The Morgan fingerprint density at radius 1 is 0.821 bits per heavy atom. The largest absolute Gasteiger partial charge is 0.748 e. The SMILES string of the molecule is CC1(C)C(/C=C/C2=C(Sc3ccc(C(=O)O)cc3)C(=C/C=C3/N(CCCS(=O)(=O)[O-])c4ccccc4C3(C)C)/CCC2)=[N+](CCCS(=O)(=O)[O-])c2ccccc21. The minimum absolute atomic E-state index is 0.190. The van der Waals surface area contributed by atoms with Crippen molar-refractivity contribution in [2.45, 2.75) is 75.5 Å². The van der Waals surface area contributed by atoms with Crippen molar-refractivity contribution in [3.05, 3.63) is 136 Å². The summed E-state index contributed by atoms with van der Waals surface area (Å²) in [4.78, 5) is 15.7. The number of hydrogen-bond donors (Lipinski definition) is 1. The normalized spacial score (nSPS) is 19.4. The lowest BCUT2D eigenvalue weighted by atomic mass is 9.81. The summed E-state index contributed by atoms with van der Waals surface area (Å²) >= 11 is 1.57. The number of para-hydroxylation sites is 2. The lowest BCUT2D eigenvalue weighted by Crippen LogP contribution is -2.28. The number of nitrogens with zero attached hydrogens (tertiary/aromatic N) is 2. The van der Waals surface area contributed by atoms with Crippen molar-refractivity contribution in [2.24, 2.45) is 0 Å². The Hall–Kier alpha value is -4.27. The minimum Gasteiger partial charge on any atom is -0.748 e. The molecule has 1 aliphatic carbocycles. The number of fused-ring (bicyclic) bond motifs is 2. The van der Waals surface area contributed by atoms with Gasteiger partial charge in [-0.1, -0.05) is 74.2 Å². The van der Waals surface area contributed by atoms with Crippen LogP contribution in [0.25, 0.3) is 0 Å². The van der Waals surface area contributed by atoms with Gasteiger partial charge in [-0.15, -0.1) is 0 Å². The summed E-state index contributed by atoms with van der Waals surface area (Å²) < 4.78 is 71.2. The topological polar surface area (TPSA) is 158 Å². The van der Waals surface area contributed by atoms with Gasteiger partial charge in [0.25, 0.3) is 0 Å². The first-order valence-corrected chi connectivity index (χ1v) is 22.7. The zero-order chi connectivity index (χ0) is 40.5. The quantitative estimate of drug-likeness (QED) is 0.125. The highest BCUT2D eigenvalue weighted by Crippen LogP contribution is 2.49. The van der Waals surface area contributed by atoms with Gasteiger partial charge in [0, 0.05) is 68.8 Å². The third-order valence-corrected chi connectivity index (χ3v) is 13.6. The number of carbonyl (C=O) groups is 1. The van der Waals surface area contributed by atoms with E-state index in [4.69, 9.17) is 0 Å². The van der Waals surface area contributed by atoms with E-state index in [2.05, 4.69) is 73.6 Å². The average Bonchev–Trinajstić information content (AvgIpc) is 3.48. The van der Waals surface area contributed by atoms with E-state index in [-0.39, 0.29) is 18.4 Å². The van der Waals surface area contributed by atoms with Crippen LogP contribution >= 0.6 is 11.8 Å². The number of thioether (sulfide) groups is 1.